The van der Waals surface area contributed by atoms with Gasteiger partial charge in [-0.1, -0.05) is 97.8 Å². The third kappa shape index (κ3) is 15.6. The molecule has 1 unspecified atom stereocenters. The maximum atomic E-state index is 11.7. The van der Waals surface area contributed by atoms with Crippen molar-refractivity contribution in [2.24, 2.45) is 11.3 Å². The standard InChI is InChI=1S/C33H61NO3S/c1-7-10-21-33(22-11-8-2,23-12-9-3)24-18-16-14-13-15-17-20-32(5,6)37-25-19-29(31(35)36)26-30-34-28(4)27-38-30/h27,29H,7-26H2,1-6H3,(H,35,36). The zero-order valence-corrected chi connectivity index (χ0v) is 26.7. The molecule has 0 saturated carbocycles. The number of aliphatic carboxylic acids is 1. The van der Waals surface area contributed by atoms with E-state index in [-0.39, 0.29) is 5.60 Å². The Morgan fingerprint density at radius 2 is 1.37 bits per heavy atom. The molecular formula is C33H61NO3S. The van der Waals surface area contributed by atoms with E-state index in [1.165, 1.54) is 103 Å². The highest BCUT2D eigenvalue weighted by Crippen LogP contribution is 2.41. The van der Waals surface area contributed by atoms with Gasteiger partial charge in [0.2, 0.25) is 0 Å². The number of carboxylic acid groups (broad SMARTS) is 1. The molecule has 0 bridgehead atoms. The van der Waals surface area contributed by atoms with Crippen molar-refractivity contribution < 1.29 is 14.6 Å². The van der Waals surface area contributed by atoms with Crippen molar-refractivity contribution in [1.82, 2.24) is 4.98 Å². The van der Waals surface area contributed by atoms with Gasteiger partial charge in [-0.2, -0.15) is 0 Å². The Kier molecular flexibility index (Phi) is 18.5. The van der Waals surface area contributed by atoms with Gasteiger partial charge in [0.15, 0.2) is 0 Å². The minimum atomic E-state index is -0.752. The summed E-state index contributed by atoms with van der Waals surface area (Å²) in [6, 6.07) is 0. The summed E-state index contributed by atoms with van der Waals surface area (Å²) in [6.07, 6.45) is 23.9. The average Bonchev–Trinajstić information content (AvgIpc) is 3.29. The lowest BCUT2D eigenvalue weighted by Crippen LogP contribution is -2.27. The molecule has 1 atom stereocenters. The Hall–Kier alpha value is -0.940. The smallest absolute Gasteiger partial charge is 0.307 e. The summed E-state index contributed by atoms with van der Waals surface area (Å²) < 4.78 is 6.15. The van der Waals surface area contributed by atoms with Crippen molar-refractivity contribution in [3.05, 3.63) is 16.1 Å². The fraction of sp³-hybridized carbons (Fsp3) is 0.879. The molecule has 1 aromatic heterocycles. The number of ether oxygens (including phenoxy) is 1. The lowest BCUT2D eigenvalue weighted by atomic mass is 9.71. The van der Waals surface area contributed by atoms with Gasteiger partial charge in [0.1, 0.15) is 0 Å². The number of hydrogen-bond donors (Lipinski definition) is 1. The van der Waals surface area contributed by atoms with Crippen LogP contribution in [-0.2, 0) is 16.0 Å². The summed E-state index contributed by atoms with van der Waals surface area (Å²) in [6.45, 7) is 13.8. The van der Waals surface area contributed by atoms with Gasteiger partial charge in [-0.05, 0) is 64.7 Å². The molecule has 0 amide bonds. The molecule has 0 spiro atoms. The maximum Gasteiger partial charge on any atom is 0.307 e. The molecule has 0 aliphatic carbocycles. The molecular weight excluding hydrogens is 490 g/mol. The Labute approximate surface area is 239 Å². The van der Waals surface area contributed by atoms with Gasteiger partial charge in [0, 0.05) is 24.1 Å². The molecule has 222 valence electrons. The lowest BCUT2D eigenvalue weighted by molar-refractivity contribution is -0.143. The molecule has 0 radical (unpaired) electrons. The summed E-state index contributed by atoms with van der Waals surface area (Å²) in [4.78, 5) is 16.1. The van der Waals surface area contributed by atoms with Crippen LogP contribution in [0.2, 0.25) is 0 Å². The summed E-state index contributed by atoms with van der Waals surface area (Å²) in [7, 11) is 0. The number of thiazole rings is 1. The normalized spacial score (nSPS) is 13.2. The van der Waals surface area contributed by atoms with Crippen LogP contribution in [-0.4, -0.2) is 28.3 Å². The molecule has 1 heterocycles. The number of carbonyl (C=O) groups is 1. The third-order valence-corrected chi connectivity index (χ3v) is 9.30. The van der Waals surface area contributed by atoms with E-state index in [0.717, 1.165) is 17.1 Å². The minimum Gasteiger partial charge on any atom is -0.481 e. The van der Waals surface area contributed by atoms with Gasteiger partial charge in [0.05, 0.1) is 16.5 Å². The van der Waals surface area contributed by atoms with Crippen molar-refractivity contribution in [1.29, 1.82) is 0 Å². The number of hydrogen-bond acceptors (Lipinski definition) is 4. The van der Waals surface area contributed by atoms with Gasteiger partial charge < -0.3 is 9.84 Å². The third-order valence-electron chi connectivity index (χ3n) is 8.31. The van der Waals surface area contributed by atoms with Gasteiger partial charge in [-0.3, -0.25) is 4.79 Å². The Balaban J connectivity index is 2.27. The van der Waals surface area contributed by atoms with Crippen molar-refractivity contribution >= 4 is 17.3 Å². The lowest BCUT2D eigenvalue weighted by Gasteiger charge is -2.35. The molecule has 1 rings (SSSR count). The van der Waals surface area contributed by atoms with Crippen molar-refractivity contribution in [2.75, 3.05) is 6.61 Å². The fourth-order valence-corrected chi connectivity index (χ4v) is 6.59. The first kappa shape index (κ1) is 35.1. The maximum absolute atomic E-state index is 11.7. The predicted octanol–water partition coefficient (Wildman–Crippen LogP) is 10.6. The first-order valence-electron chi connectivity index (χ1n) is 15.9. The molecule has 5 heteroatoms. The number of nitrogens with zero attached hydrogens (tertiary/aromatic N) is 1. The first-order chi connectivity index (χ1) is 18.2. The average molecular weight is 552 g/mol. The summed E-state index contributed by atoms with van der Waals surface area (Å²) in [5.74, 6) is -1.18. The quantitative estimate of drug-likeness (QED) is 0.123. The Morgan fingerprint density at radius 3 is 1.84 bits per heavy atom. The molecule has 0 aliphatic heterocycles. The van der Waals surface area contributed by atoms with Crippen LogP contribution in [0.15, 0.2) is 5.38 Å². The van der Waals surface area contributed by atoms with E-state index in [9.17, 15) is 9.90 Å². The Morgan fingerprint density at radius 1 is 0.868 bits per heavy atom. The molecule has 0 aromatic carbocycles. The van der Waals surface area contributed by atoms with Crippen LogP contribution in [0.4, 0.5) is 0 Å². The highest BCUT2D eigenvalue weighted by atomic mass is 32.1. The topological polar surface area (TPSA) is 59.4 Å². The summed E-state index contributed by atoms with van der Waals surface area (Å²) in [5.41, 5.74) is 1.38. The SMILES string of the molecule is CCCCC(CCCC)(CCCC)CCCCCCCCC(C)(C)OCCC(Cc1nc(C)cs1)C(=O)O. The Bertz CT molecular complexity index is 708. The zero-order chi connectivity index (χ0) is 28.3. The van der Waals surface area contributed by atoms with Gasteiger partial charge >= 0.3 is 5.97 Å². The second kappa shape index (κ2) is 20.0. The highest BCUT2D eigenvalue weighted by molar-refractivity contribution is 7.09. The van der Waals surface area contributed by atoms with E-state index in [1.54, 1.807) is 11.3 Å². The van der Waals surface area contributed by atoms with Crippen LogP contribution >= 0.6 is 11.3 Å². The fourth-order valence-electron chi connectivity index (χ4n) is 5.73. The number of carboxylic acids is 1. The van der Waals surface area contributed by atoms with Crippen molar-refractivity contribution in [3.8, 4) is 0 Å². The number of unbranched alkanes of at least 4 members (excludes halogenated alkanes) is 8. The van der Waals surface area contributed by atoms with Crippen LogP contribution in [0.5, 0.6) is 0 Å². The monoisotopic (exact) mass is 551 g/mol. The van der Waals surface area contributed by atoms with Crippen LogP contribution < -0.4 is 0 Å². The summed E-state index contributed by atoms with van der Waals surface area (Å²) >= 11 is 1.55. The van der Waals surface area contributed by atoms with Crippen molar-refractivity contribution in [2.45, 2.75) is 169 Å². The first-order valence-corrected chi connectivity index (χ1v) is 16.8. The van der Waals surface area contributed by atoms with Gasteiger partial charge in [0.25, 0.3) is 0 Å². The molecule has 0 fully saturated rings. The van der Waals surface area contributed by atoms with Gasteiger partial charge in [-0.25, -0.2) is 4.98 Å². The van der Waals surface area contributed by atoms with Crippen LogP contribution in [0.3, 0.4) is 0 Å². The van der Waals surface area contributed by atoms with E-state index < -0.39 is 11.9 Å². The highest BCUT2D eigenvalue weighted by Gasteiger charge is 2.27. The van der Waals surface area contributed by atoms with E-state index in [4.69, 9.17) is 4.74 Å². The van der Waals surface area contributed by atoms with Crippen molar-refractivity contribution in [3.63, 3.8) is 0 Å². The molecule has 0 saturated heterocycles. The number of aromatic nitrogens is 1. The molecule has 38 heavy (non-hydrogen) atoms. The molecule has 4 nitrogen and oxygen atoms in total. The zero-order valence-electron chi connectivity index (χ0n) is 25.9. The predicted molar refractivity (Wildman–Crippen MR) is 164 cm³/mol. The van der Waals surface area contributed by atoms with E-state index >= 15 is 0 Å². The van der Waals surface area contributed by atoms with E-state index in [2.05, 4.69) is 39.6 Å². The summed E-state index contributed by atoms with van der Waals surface area (Å²) in [5, 5.41) is 12.5. The van der Waals surface area contributed by atoms with Crippen LogP contribution in [0, 0.1) is 18.3 Å². The largest absolute Gasteiger partial charge is 0.481 e. The molecule has 1 aromatic rings. The molecule has 0 aliphatic rings. The van der Waals surface area contributed by atoms with Gasteiger partial charge in [-0.15, -0.1) is 11.3 Å². The second-order valence-corrected chi connectivity index (χ2v) is 13.4. The second-order valence-electron chi connectivity index (χ2n) is 12.5. The minimum absolute atomic E-state index is 0.196. The van der Waals surface area contributed by atoms with E-state index in [0.29, 0.717) is 24.9 Å². The number of rotatable bonds is 25. The van der Waals surface area contributed by atoms with Crippen LogP contribution in [0.25, 0.3) is 0 Å². The van der Waals surface area contributed by atoms with Crippen LogP contribution in [0.1, 0.15) is 161 Å². The number of aryl methyl sites for hydroxylation is 1. The molecule has 1 N–H and O–H groups in total. The van der Waals surface area contributed by atoms with E-state index in [1.807, 2.05) is 12.3 Å².